The number of halogens is 1. The summed E-state index contributed by atoms with van der Waals surface area (Å²) in [5.74, 6) is 1.06. The van der Waals surface area contributed by atoms with Crippen LogP contribution in [0.15, 0.2) is 48.0 Å². The van der Waals surface area contributed by atoms with Crippen LogP contribution in [0.5, 0.6) is 0 Å². The van der Waals surface area contributed by atoms with E-state index in [0.717, 1.165) is 36.8 Å². The second-order valence-electron chi connectivity index (χ2n) is 6.74. The smallest absolute Gasteiger partial charge is 0.153 e. The van der Waals surface area contributed by atoms with Crippen LogP contribution in [-0.2, 0) is 19.5 Å². The molecule has 0 radical (unpaired) electrons. The van der Waals surface area contributed by atoms with E-state index < -0.39 is 0 Å². The molecule has 3 nitrogen and oxygen atoms in total. The summed E-state index contributed by atoms with van der Waals surface area (Å²) in [6.45, 7) is 11.0. The first-order valence-electron chi connectivity index (χ1n) is 8.71. The standard InChI is InChI=1S/C21H23N3S.ClH/c1-4-10-24-15(3)14(2)19-18(25)12-22-21(20(19)24)23-11-9-16-7-5-6-8-17(16)13-23;/h4-8,12,25H,1,9-11,13H2,2-3H3;1H. The van der Waals surface area contributed by atoms with E-state index in [-0.39, 0.29) is 12.4 Å². The van der Waals surface area contributed by atoms with E-state index in [1.807, 2.05) is 12.3 Å². The van der Waals surface area contributed by atoms with Gasteiger partial charge in [0.1, 0.15) is 0 Å². The maximum Gasteiger partial charge on any atom is 0.153 e. The van der Waals surface area contributed by atoms with Gasteiger partial charge in [-0.25, -0.2) is 4.98 Å². The molecule has 1 aliphatic heterocycles. The highest BCUT2D eigenvalue weighted by Crippen LogP contribution is 2.37. The second-order valence-corrected chi connectivity index (χ2v) is 7.22. The number of anilines is 1. The lowest BCUT2D eigenvalue weighted by Crippen LogP contribution is -2.31. The Morgan fingerprint density at radius 2 is 1.96 bits per heavy atom. The third kappa shape index (κ3) is 2.91. The van der Waals surface area contributed by atoms with Gasteiger partial charge in [-0.1, -0.05) is 30.3 Å². The Balaban J connectivity index is 0.00000196. The molecule has 2 aromatic heterocycles. The van der Waals surface area contributed by atoms with E-state index in [0.29, 0.717) is 0 Å². The van der Waals surface area contributed by atoms with Crippen LogP contribution in [0.2, 0.25) is 0 Å². The van der Waals surface area contributed by atoms with Gasteiger partial charge in [0.05, 0.1) is 5.52 Å². The molecule has 3 aromatic rings. The molecular formula is C21H24ClN3S. The largest absolute Gasteiger partial charge is 0.350 e. The van der Waals surface area contributed by atoms with Crippen molar-refractivity contribution in [3.8, 4) is 0 Å². The summed E-state index contributed by atoms with van der Waals surface area (Å²) in [6.07, 6.45) is 4.90. The second kappa shape index (κ2) is 7.37. The normalized spacial score (nSPS) is 13.4. The molecule has 3 heterocycles. The number of nitrogens with zero attached hydrogens (tertiary/aromatic N) is 3. The van der Waals surface area contributed by atoms with Crippen molar-refractivity contribution in [2.45, 2.75) is 38.3 Å². The Labute approximate surface area is 166 Å². The predicted octanol–water partition coefficient (Wildman–Crippen LogP) is 5.11. The number of benzene rings is 1. The monoisotopic (exact) mass is 385 g/mol. The Morgan fingerprint density at radius 3 is 2.69 bits per heavy atom. The van der Waals surface area contributed by atoms with E-state index in [2.05, 4.69) is 66.8 Å². The van der Waals surface area contributed by atoms with Gasteiger partial charge in [-0.15, -0.1) is 31.6 Å². The molecule has 0 N–H and O–H groups in total. The van der Waals surface area contributed by atoms with Crippen LogP contribution < -0.4 is 4.90 Å². The molecule has 4 rings (SSSR count). The average molecular weight is 386 g/mol. The first kappa shape index (κ1) is 18.9. The van der Waals surface area contributed by atoms with Crippen LogP contribution in [-0.4, -0.2) is 16.1 Å². The number of thiol groups is 1. The van der Waals surface area contributed by atoms with Crippen molar-refractivity contribution < 1.29 is 0 Å². The van der Waals surface area contributed by atoms with Crippen LogP contribution >= 0.6 is 25.0 Å². The fourth-order valence-electron chi connectivity index (χ4n) is 3.92. The fourth-order valence-corrected chi connectivity index (χ4v) is 4.25. The third-order valence-electron chi connectivity index (χ3n) is 5.35. The van der Waals surface area contributed by atoms with Crippen LogP contribution in [0.1, 0.15) is 22.4 Å². The van der Waals surface area contributed by atoms with Crippen LogP contribution in [0.3, 0.4) is 0 Å². The van der Waals surface area contributed by atoms with Gasteiger partial charge in [-0.2, -0.15) is 0 Å². The number of pyridine rings is 1. The first-order chi connectivity index (χ1) is 12.1. The van der Waals surface area contributed by atoms with Crippen LogP contribution in [0.25, 0.3) is 10.9 Å². The van der Waals surface area contributed by atoms with Crippen molar-refractivity contribution in [1.82, 2.24) is 9.55 Å². The molecule has 0 unspecified atom stereocenters. The number of allylic oxidation sites excluding steroid dienone is 1. The predicted molar refractivity (Wildman–Crippen MR) is 115 cm³/mol. The first-order valence-corrected chi connectivity index (χ1v) is 9.16. The summed E-state index contributed by atoms with van der Waals surface area (Å²) in [7, 11) is 0. The molecule has 0 atom stereocenters. The molecule has 5 heteroatoms. The number of fused-ring (bicyclic) bond motifs is 2. The van der Waals surface area contributed by atoms with Gasteiger partial charge in [0.15, 0.2) is 5.82 Å². The molecule has 0 bridgehead atoms. The van der Waals surface area contributed by atoms with E-state index in [4.69, 9.17) is 4.98 Å². The van der Waals surface area contributed by atoms with Gasteiger partial charge in [0.25, 0.3) is 0 Å². The van der Waals surface area contributed by atoms with Crippen LogP contribution in [0, 0.1) is 13.8 Å². The summed E-state index contributed by atoms with van der Waals surface area (Å²) in [6, 6.07) is 8.71. The SMILES string of the molecule is C=CCn1c(C)c(C)c2c(S)cnc(N3CCc4ccccc4C3)c21.Cl. The maximum atomic E-state index is 4.79. The molecule has 0 saturated carbocycles. The minimum absolute atomic E-state index is 0. The molecule has 1 aromatic carbocycles. The Bertz CT molecular complexity index is 977. The molecule has 0 amide bonds. The third-order valence-corrected chi connectivity index (χ3v) is 5.69. The summed E-state index contributed by atoms with van der Waals surface area (Å²) < 4.78 is 2.32. The number of hydrogen-bond acceptors (Lipinski definition) is 3. The lowest BCUT2D eigenvalue weighted by molar-refractivity contribution is 0.718. The van der Waals surface area contributed by atoms with Crippen molar-refractivity contribution in [2.24, 2.45) is 0 Å². The van der Waals surface area contributed by atoms with Crippen molar-refractivity contribution >= 4 is 41.8 Å². The van der Waals surface area contributed by atoms with Crippen LogP contribution in [0.4, 0.5) is 5.82 Å². The number of aryl methyl sites for hydroxylation is 1. The van der Waals surface area contributed by atoms with Gasteiger partial charge >= 0.3 is 0 Å². The molecule has 0 saturated heterocycles. The highest BCUT2D eigenvalue weighted by atomic mass is 35.5. The maximum absolute atomic E-state index is 4.79. The highest BCUT2D eigenvalue weighted by Gasteiger charge is 2.23. The molecule has 1 aliphatic rings. The number of hydrogen-bond donors (Lipinski definition) is 1. The molecule has 0 fully saturated rings. The zero-order valence-electron chi connectivity index (χ0n) is 15.2. The summed E-state index contributed by atoms with van der Waals surface area (Å²) in [5, 5.41) is 1.21. The molecule has 0 aliphatic carbocycles. The van der Waals surface area contributed by atoms with Crippen molar-refractivity contribution in [1.29, 1.82) is 0 Å². The molecular weight excluding hydrogens is 362 g/mol. The van der Waals surface area contributed by atoms with Gasteiger partial charge in [0, 0.05) is 41.8 Å². The molecule has 136 valence electrons. The topological polar surface area (TPSA) is 21.1 Å². The Hall–Kier alpha value is -1.91. The quantitative estimate of drug-likeness (QED) is 0.499. The summed E-state index contributed by atoms with van der Waals surface area (Å²) in [5.41, 5.74) is 6.57. The summed E-state index contributed by atoms with van der Waals surface area (Å²) >= 11 is 4.68. The lowest BCUT2D eigenvalue weighted by atomic mass is 10.00. The van der Waals surface area contributed by atoms with E-state index in [9.17, 15) is 0 Å². The van der Waals surface area contributed by atoms with Gasteiger partial charge in [0.2, 0.25) is 0 Å². The highest BCUT2D eigenvalue weighted by molar-refractivity contribution is 7.80. The summed E-state index contributed by atoms with van der Waals surface area (Å²) in [4.78, 5) is 8.14. The van der Waals surface area contributed by atoms with E-state index >= 15 is 0 Å². The number of aromatic nitrogens is 2. The average Bonchev–Trinajstić information content (AvgIpc) is 2.88. The van der Waals surface area contributed by atoms with E-state index in [1.165, 1.54) is 33.3 Å². The zero-order chi connectivity index (χ0) is 17.6. The Morgan fingerprint density at radius 1 is 1.23 bits per heavy atom. The van der Waals surface area contributed by atoms with Crippen molar-refractivity contribution in [2.75, 3.05) is 11.4 Å². The van der Waals surface area contributed by atoms with Gasteiger partial charge < -0.3 is 9.47 Å². The number of rotatable bonds is 3. The molecule has 0 spiro atoms. The van der Waals surface area contributed by atoms with Gasteiger partial charge in [-0.3, -0.25) is 0 Å². The van der Waals surface area contributed by atoms with Crippen molar-refractivity contribution in [3.63, 3.8) is 0 Å². The lowest BCUT2D eigenvalue weighted by Gasteiger charge is -2.30. The van der Waals surface area contributed by atoms with E-state index in [1.54, 1.807) is 0 Å². The fraction of sp³-hybridized carbons (Fsp3) is 0.286. The Kier molecular flexibility index (Phi) is 5.35. The minimum atomic E-state index is 0. The zero-order valence-corrected chi connectivity index (χ0v) is 16.9. The van der Waals surface area contributed by atoms with Gasteiger partial charge in [-0.05, 0) is 37.0 Å². The molecule has 26 heavy (non-hydrogen) atoms. The van der Waals surface area contributed by atoms with Crippen molar-refractivity contribution in [3.05, 3.63) is 65.5 Å². The minimum Gasteiger partial charge on any atom is -0.350 e.